The molecule has 0 aliphatic carbocycles. The topological polar surface area (TPSA) is 105 Å². The van der Waals surface area contributed by atoms with Gasteiger partial charge in [-0.1, -0.05) is 19.0 Å². The van der Waals surface area contributed by atoms with Gasteiger partial charge in [-0.05, 0) is 25.8 Å². The number of aromatic nitrogens is 2. The quantitative estimate of drug-likeness (QED) is 0.877. The lowest BCUT2D eigenvalue weighted by Gasteiger charge is -2.13. The van der Waals surface area contributed by atoms with Gasteiger partial charge in [-0.3, -0.25) is 9.59 Å². The van der Waals surface area contributed by atoms with Crippen molar-refractivity contribution in [1.29, 1.82) is 0 Å². The van der Waals surface area contributed by atoms with Crippen molar-refractivity contribution in [3.8, 4) is 0 Å². The first-order valence-corrected chi connectivity index (χ1v) is 7.09. The minimum Gasteiger partial charge on any atom is -0.481 e. The Bertz CT molecular complexity index is 721. The smallest absolute Gasteiger partial charge is 0.305 e. The number of fused-ring (bicyclic) bond motifs is 1. The van der Waals surface area contributed by atoms with Crippen LogP contribution < -0.4 is 5.32 Å². The SMILES string of the molecule is Cc1noc2nc(C(C)C)cc(C(=O)NC(C)CC(=O)O)c12. The summed E-state index contributed by atoms with van der Waals surface area (Å²) in [5.74, 6) is -1.19. The van der Waals surface area contributed by atoms with Crippen LogP contribution in [0.5, 0.6) is 0 Å². The molecule has 2 rings (SSSR count). The summed E-state index contributed by atoms with van der Waals surface area (Å²) in [5, 5.41) is 15.9. The van der Waals surface area contributed by atoms with Crippen molar-refractivity contribution >= 4 is 23.0 Å². The highest BCUT2D eigenvalue weighted by molar-refractivity contribution is 6.06. The summed E-state index contributed by atoms with van der Waals surface area (Å²) in [5.41, 5.74) is 2.03. The molecule has 1 atom stereocenters. The van der Waals surface area contributed by atoms with Crippen molar-refractivity contribution in [2.24, 2.45) is 0 Å². The van der Waals surface area contributed by atoms with Crippen LogP contribution >= 0.6 is 0 Å². The zero-order valence-corrected chi connectivity index (χ0v) is 13.0. The van der Waals surface area contributed by atoms with Crippen molar-refractivity contribution < 1.29 is 19.2 Å². The molecule has 0 radical (unpaired) electrons. The number of nitrogens with one attached hydrogen (secondary N) is 1. The van der Waals surface area contributed by atoms with E-state index in [1.54, 1.807) is 19.9 Å². The molecular formula is C15H19N3O4. The fourth-order valence-electron chi connectivity index (χ4n) is 2.20. The number of aryl methyl sites for hydroxylation is 1. The average molecular weight is 305 g/mol. The number of rotatable bonds is 5. The summed E-state index contributed by atoms with van der Waals surface area (Å²) in [6.45, 7) is 7.31. The summed E-state index contributed by atoms with van der Waals surface area (Å²) in [6, 6.07) is 1.23. The molecule has 0 aliphatic rings. The van der Waals surface area contributed by atoms with Crippen LogP contribution in [0.4, 0.5) is 0 Å². The summed E-state index contributed by atoms with van der Waals surface area (Å²) >= 11 is 0. The van der Waals surface area contributed by atoms with Crippen LogP contribution in [0.2, 0.25) is 0 Å². The molecule has 2 N–H and O–H groups in total. The third kappa shape index (κ3) is 3.24. The maximum absolute atomic E-state index is 12.5. The van der Waals surface area contributed by atoms with E-state index in [1.165, 1.54) is 0 Å². The van der Waals surface area contributed by atoms with Gasteiger partial charge in [0.1, 0.15) is 0 Å². The lowest BCUT2D eigenvalue weighted by molar-refractivity contribution is -0.137. The Morgan fingerprint density at radius 3 is 2.64 bits per heavy atom. The van der Waals surface area contributed by atoms with E-state index in [4.69, 9.17) is 9.63 Å². The van der Waals surface area contributed by atoms with E-state index in [1.807, 2.05) is 13.8 Å². The second-order valence-electron chi connectivity index (χ2n) is 5.67. The van der Waals surface area contributed by atoms with Crippen LogP contribution in [0, 0.1) is 6.92 Å². The summed E-state index contributed by atoms with van der Waals surface area (Å²) < 4.78 is 5.16. The Hall–Kier alpha value is -2.44. The van der Waals surface area contributed by atoms with Crippen LogP contribution in [-0.2, 0) is 4.79 Å². The van der Waals surface area contributed by atoms with Crippen LogP contribution in [0.3, 0.4) is 0 Å². The highest BCUT2D eigenvalue weighted by atomic mass is 16.5. The fraction of sp³-hybridized carbons (Fsp3) is 0.467. The number of carboxylic acid groups (broad SMARTS) is 1. The van der Waals surface area contributed by atoms with Gasteiger partial charge in [0, 0.05) is 11.7 Å². The summed E-state index contributed by atoms with van der Waals surface area (Å²) in [4.78, 5) is 27.5. The second-order valence-corrected chi connectivity index (χ2v) is 5.67. The zero-order valence-electron chi connectivity index (χ0n) is 13.0. The molecule has 2 aromatic heterocycles. The van der Waals surface area contributed by atoms with Gasteiger partial charge in [0.25, 0.3) is 11.6 Å². The van der Waals surface area contributed by atoms with E-state index in [-0.39, 0.29) is 18.2 Å². The van der Waals surface area contributed by atoms with E-state index < -0.39 is 12.0 Å². The van der Waals surface area contributed by atoms with Gasteiger partial charge in [-0.25, -0.2) is 4.98 Å². The number of amides is 1. The molecular weight excluding hydrogens is 286 g/mol. The minimum atomic E-state index is -0.961. The van der Waals surface area contributed by atoms with Gasteiger partial charge in [0.2, 0.25) is 0 Å². The Morgan fingerprint density at radius 1 is 1.36 bits per heavy atom. The predicted octanol–water partition coefficient (Wildman–Crippen LogP) is 2.25. The lowest BCUT2D eigenvalue weighted by atomic mass is 10.0. The van der Waals surface area contributed by atoms with Gasteiger partial charge in [-0.15, -0.1) is 0 Å². The number of hydrogen-bond acceptors (Lipinski definition) is 5. The van der Waals surface area contributed by atoms with Crippen molar-refractivity contribution in [2.45, 2.75) is 46.1 Å². The molecule has 2 heterocycles. The van der Waals surface area contributed by atoms with E-state index in [2.05, 4.69) is 15.5 Å². The molecule has 0 saturated carbocycles. The number of carbonyl (C=O) groups excluding carboxylic acids is 1. The molecule has 0 spiro atoms. The Balaban J connectivity index is 2.41. The van der Waals surface area contributed by atoms with E-state index in [0.29, 0.717) is 22.4 Å². The Kier molecular flexibility index (Phi) is 4.44. The van der Waals surface area contributed by atoms with Crippen molar-refractivity contribution in [3.05, 3.63) is 23.0 Å². The van der Waals surface area contributed by atoms with E-state index in [0.717, 1.165) is 5.69 Å². The molecule has 0 fully saturated rings. The second kappa shape index (κ2) is 6.13. The lowest BCUT2D eigenvalue weighted by Crippen LogP contribution is -2.34. The number of aliphatic carboxylic acids is 1. The van der Waals surface area contributed by atoms with Gasteiger partial charge < -0.3 is 14.9 Å². The number of carbonyl (C=O) groups is 2. The van der Waals surface area contributed by atoms with E-state index in [9.17, 15) is 9.59 Å². The third-order valence-electron chi connectivity index (χ3n) is 3.33. The van der Waals surface area contributed by atoms with Crippen LogP contribution in [0.25, 0.3) is 11.1 Å². The molecule has 0 aromatic carbocycles. The average Bonchev–Trinajstić information content (AvgIpc) is 2.78. The monoisotopic (exact) mass is 305 g/mol. The first-order valence-electron chi connectivity index (χ1n) is 7.09. The van der Waals surface area contributed by atoms with Crippen LogP contribution in [-0.4, -0.2) is 33.2 Å². The van der Waals surface area contributed by atoms with Crippen LogP contribution in [0.1, 0.15) is 54.9 Å². The highest BCUT2D eigenvalue weighted by Gasteiger charge is 2.21. The number of pyridine rings is 1. The minimum absolute atomic E-state index is 0.123. The molecule has 2 aromatic rings. The molecule has 118 valence electrons. The molecule has 0 saturated heterocycles. The molecule has 1 amide bonds. The molecule has 1 unspecified atom stereocenters. The molecule has 7 heteroatoms. The molecule has 7 nitrogen and oxygen atoms in total. The summed E-state index contributed by atoms with van der Waals surface area (Å²) in [6.07, 6.45) is -0.139. The normalized spacial score (nSPS) is 12.6. The zero-order chi connectivity index (χ0) is 16.4. The largest absolute Gasteiger partial charge is 0.481 e. The standard InChI is InChI=1S/C15H19N3O4/c1-7(2)11-6-10(13-9(4)18-22-15(13)17-11)14(21)16-8(3)5-12(19)20/h6-8H,5H2,1-4H3,(H,16,21)(H,19,20). The van der Waals surface area contributed by atoms with Crippen molar-refractivity contribution in [2.75, 3.05) is 0 Å². The van der Waals surface area contributed by atoms with Gasteiger partial charge in [-0.2, -0.15) is 0 Å². The summed E-state index contributed by atoms with van der Waals surface area (Å²) in [7, 11) is 0. The number of carboxylic acids is 1. The van der Waals surface area contributed by atoms with Crippen molar-refractivity contribution in [1.82, 2.24) is 15.5 Å². The van der Waals surface area contributed by atoms with Crippen LogP contribution in [0.15, 0.2) is 10.6 Å². The first kappa shape index (κ1) is 15.9. The molecule has 22 heavy (non-hydrogen) atoms. The Labute approximate surface area is 127 Å². The van der Waals surface area contributed by atoms with Gasteiger partial charge in [0.05, 0.1) is 23.1 Å². The van der Waals surface area contributed by atoms with Crippen molar-refractivity contribution in [3.63, 3.8) is 0 Å². The first-order chi connectivity index (χ1) is 10.3. The maximum Gasteiger partial charge on any atom is 0.305 e. The van der Waals surface area contributed by atoms with E-state index >= 15 is 0 Å². The predicted molar refractivity (Wildman–Crippen MR) is 79.8 cm³/mol. The Morgan fingerprint density at radius 2 is 2.05 bits per heavy atom. The highest BCUT2D eigenvalue weighted by Crippen LogP contribution is 2.25. The maximum atomic E-state index is 12.5. The fourth-order valence-corrected chi connectivity index (χ4v) is 2.20. The molecule has 0 bridgehead atoms. The number of hydrogen-bond donors (Lipinski definition) is 2. The number of nitrogens with zero attached hydrogens (tertiary/aromatic N) is 2. The third-order valence-corrected chi connectivity index (χ3v) is 3.33. The van der Waals surface area contributed by atoms with Gasteiger partial charge in [0.15, 0.2) is 0 Å². The molecule has 0 aliphatic heterocycles. The van der Waals surface area contributed by atoms with Gasteiger partial charge >= 0.3 is 5.97 Å².